The first-order valence-corrected chi connectivity index (χ1v) is 14.1. The predicted molar refractivity (Wildman–Crippen MR) is 155 cm³/mol. The molecule has 0 saturated carbocycles. The molecule has 2 aromatic carbocycles. The van der Waals surface area contributed by atoms with Crippen LogP contribution in [0.25, 0.3) is 10.4 Å². The Bertz CT molecular complexity index is 1510. The molecule has 0 atom stereocenters. The lowest BCUT2D eigenvalue weighted by Gasteiger charge is -2.34. The van der Waals surface area contributed by atoms with E-state index in [0.29, 0.717) is 71.7 Å². The lowest BCUT2D eigenvalue weighted by molar-refractivity contribution is -0.130. The van der Waals surface area contributed by atoms with Gasteiger partial charge in [-0.05, 0) is 48.0 Å². The lowest BCUT2D eigenvalue weighted by atomic mass is 10.0. The van der Waals surface area contributed by atoms with Crippen LogP contribution in [0.15, 0.2) is 42.5 Å². The van der Waals surface area contributed by atoms with Gasteiger partial charge in [-0.2, -0.15) is 0 Å². The van der Waals surface area contributed by atoms with E-state index in [0.717, 1.165) is 16.0 Å². The van der Waals surface area contributed by atoms with Crippen molar-refractivity contribution in [1.82, 2.24) is 15.1 Å². The van der Waals surface area contributed by atoms with Crippen molar-refractivity contribution in [3.05, 3.63) is 69.1 Å². The minimum absolute atomic E-state index is 0.00189. The average molecular weight is 581 g/mol. The number of halogens is 1. The average Bonchev–Trinajstić information content (AvgIpc) is 3.31. The van der Waals surface area contributed by atoms with Crippen LogP contribution in [-0.4, -0.2) is 80.3 Å². The third-order valence-corrected chi connectivity index (χ3v) is 8.74. The van der Waals surface area contributed by atoms with E-state index >= 15 is 0 Å². The van der Waals surface area contributed by atoms with Crippen molar-refractivity contribution in [1.29, 1.82) is 0 Å². The first kappa shape index (κ1) is 27.7. The number of fused-ring (bicyclic) bond motifs is 3. The smallest absolute Gasteiger partial charge is 0.268 e. The maximum absolute atomic E-state index is 13.5. The van der Waals surface area contributed by atoms with Gasteiger partial charge in [0.05, 0.1) is 22.2 Å². The molecule has 2 aliphatic rings. The molecule has 1 aromatic heterocycles. The number of piperazine rings is 1. The molecule has 0 radical (unpaired) electrons. The van der Waals surface area contributed by atoms with Crippen molar-refractivity contribution in [3.8, 4) is 16.2 Å². The van der Waals surface area contributed by atoms with Gasteiger partial charge in [0.1, 0.15) is 5.75 Å². The standard InChI is InChI=1S/C29H29ClN4O5S/c1-17(35)33-9-11-34(12-10-33)28(37)20-5-7-23(22(30)14-20)32(3)29(38)25-16-18-8-13-39-24-15-19(27(36)31-2)4-6-21(24)26(18)40-25/h4-7,14-16H,8-13H2,1-3H3,(H,31,36). The zero-order chi connectivity index (χ0) is 28.6. The van der Waals surface area contributed by atoms with Crippen molar-refractivity contribution in [2.45, 2.75) is 13.3 Å². The molecule has 1 N–H and O–H groups in total. The fraction of sp³-hybridized carbons (Fsp3) is 0.310. The first-order valence-electron chi connectivity index (χ1n) is 12.9. The summed E-state index contributed by atoms with van der Waals surface area (Å²) in [6, 6.07) is 12.1. The molecule has 0 bridgehead atoms. The Labute approximate surface area is 241 Å². The quantitative estimate of drug-likeness (QED) is 0.504. The molecule has 4 amide bonds. The molecule has 5 rings (SSSR count). The Morgan fingerprint density at radius 3 is 2.35 bits per heavy atom. The highest BCUT2D eigenvalue weighted by molar-refractivity contribution is 7.17. The van der Waals surface area contributed by atoms with Crippen LogP contribution in [0.4, 0.5) is 5.69 Å². The number of hydrogen-bond donors (Lipinski definition) is 1. The van der Waals surface area contributed by atoms with E-state index in [-0.39, 0.29) is 23.6 Å². The summed E-state index contributed by atoms with van der Waals surface area (Å²) in [7, 11) is 3.24. The van der Waals surface area contributed by atoms with Crippen molar-refractivity contribution in [2.24, 2.45) is 0 Å². The van der Waals surface area contributed by atoms with Crippen LogP contribution in [0.2, 0.25) is 5.02 Å². The van der Waals surface area contributed by atoms with Gasteiger partial charge >= 0.3 is 0 Å². The van der Waals surface area contributed by atoms with E-state index in [1.165, 1.54) is 23.2 Å². The highest BCUT2D eigenvalue weighted by Crippen LogP contribution is 2.42. The van der Waals surface area contributed by atoms with Crippen LogP contribution in [0.5, 0.6) is 5.75 Å². The molecular formula is C29H29ClN4O5S. The Kier molecular flexibility index (Phi) is 7.82. The van der Waals surface area contributed by atoms with E-state index in [2.05, 4.69) is 5.32 Å². The van der Waals surface area contributed by atoms with Crippen LogP contribution in [-0.2, 0) is 11.2 Å². The molecular weight excluding hydrogens is 552 g/mol. The van der Waals surface area contributed by atoms with E-state index in [1.54, 1.807) is 54.2 Å². The Morgan fingerprint density at radius 2 is 1.68 bits per heavy atom. The molecule has 208 valence electrons. The number of nitrogens with one attached hydrogen (secondary N) is 1. The zero-order valence-electron chi connectivity index (χ0n) is 22.5. The van der Waals surface area contributed by atoms with Crippen LogP contribution in [0.3, 0.4) is 0 Å². The summed E-state index contributed by atoms with van der Waals surface area (Å²) in [4.78, 5) is 56.6. The maximum Gasteiger partial charge on any atom is 0.268 e. The summed E-state index contributed by atoms with van der Waals surface area (Å²) in [5.74, 6) is 0.0405. The normalized spacial score (nSPS) is 14.4. The zero-order valence-corrected chi connectivity index (χ0v) is 24.0. The topological polar surface area (TPSA) is 99.3 Å². The number of thiophene rings is 1. The van der Waals surface area contributed by atoms with Gasteiger partial charge in [0.25, 0.3) is 17.7 Å². The second-order valence-corrected chi connectivity index (χ2v) is 11.1. The number of anilines is 1. The van der Waals surface area contributed by atoms with Gasteiger partial charge in [-0.15, -0.1) is 11.3 Å². The lowest BCUT2D eigenvalue weighted by Crippen LogP contribution is -2.50. The minimum Gasteiger partial charge on any atom is -0.493 e. The Hall–Kier alpha value is -3.89. The third kappa shape index (κ3) is 5.29. The second kappa shape index (κ2) is 11.3. The molecule has 40 heavy (non-hydrogen) atoms. The van der Waals surface area contributed by atoms with Crippen LogP contribution in [0, 0.1) is 0 Å². The van der Waals surface area contributed by atoms with Gasteiger partial charge < -0.3 is 24.8 Å². The largest absolute Gasteiger partial charge is 0.493 e. The summed E-state index contributed by atoms with van der Waals surface area (Å²) >= 11 is 7.96. The first-order chi connectivity index (χ1) is 19.2. The number of ether oxygens (including phenoxy) is 1. The van der Waals surface area contributed by atoms with Crippen molar-refractivity contribution < 1.29 is 23.9 Å². The van der Waals surface area contributed by atoms with Gasteiger partial charge in [0.2, 0.25) is 5.91 Å². The van der Waals surface area contributed by atoms with Crippen LogP contribution >= 0.6 is 22.9 Å². The summed E-state index contributed by atoms with van der Waals surface area (Å²) in [5, 5.41) is 2.91. The van der Waals surface area contributed by atoms with Gasteiger partial charge in [0, 0.05) is 75.2 Å². The maximum atomic E-state index is 13.5. The fourth-order valence-corrected chi connectivity index (χ4v) is 6.45. The second-order valence-electron chi connectivity index (χ2n) is 9.68. The van der Waals surface area contributed by atoms with Crippen molar-refractivity contribution >= 4 is 52.3 Å². The van der Waals surface area contributed by atoms with Crippen LogP contribution < -0.4 is 15.0 Å². The molecule has 9 nitrogen and oxygen atoms in total. The molecule has 2 aliphatic heterocycles. The molecule has 0 unspecified atom stereocenters. The summed E-state index contributed by atoms with van der Waals surface area (Å²) in [6.07, 6.45) is 0.630. The van der Waals surface area contributed by atoms with E-state index < -0.39 is 0 Å². The summed E-state index contributed by atoms with van der Waals surface area (Å²) in [6.45, 7) is 3.88. The molecule has 1 saturated heterocycles. The highest BCUT2D eigenvalue weighted by Gasteiger charge is 2.27. The molecule has 0 spiro atoms. The number of amides is 4. The van der Waals surface area contributed by atoms with Crippen molar-refractivity contribution in [2.75, 3.05) is 51.8 Å². The Morgan fingerprint density at radius 1 is 0.975 bits per heavy atom. The summed E-state index contributed by atoms with van der Waals surface area (Å²) < 4.78 is 5.91. The molecule has 0 aliphatic carbocycles. The number of carbonyl (C=O) groups excluding carboxylic acids is 4. The van der Waals surface area contributed by atoms with Gasteiger partial charge in [-0.3, -0.25) is 19.2 Å². The van der Waals surface area contributed by atoms with Crippen LogP contribution in [0.1, 0.15) is 42.9 Å². The SMILES string of the molecule is CNC(=O)c1ccc2c(c1)OCCc1cc(C(=O)N(C)c3ccc(C(=O)N4CCN(C(C)=O)CC4)cc3Cl)sc1-2. The van der Waals surface area contributed by atoms with Crippen molar-refractivity contribution in [3.63, 3.8) is 0 Å². The van der Waals surface area contributed by atoms with E-state index in [9.17, 15) is 19.2 Å². The number of rotatable bonds is 4. The molecule has 3 heterocycles. The molecule has 3 aromatic rings. The highest BCUT2D eigenvalue weighted by atomic mass is 35.5. The van der Waals surface area contributed by atoms with Gasteiger partial charge in [-0.25, -0.2) is 0 Å². The molecule has 1 fully saturated rings. The Balaban J connectivity index is 1.34. The third-order valence-electron chi connectivity index (χ3n) is 7.24. The number of benzene rings is 2. The number of hydrogen-bond acceptors (Lipinski definition) is 6. The van der Waals surface area contributed by atoms with E-state index in [4.69, 9.17) is 16.3 Å². The number of carbonyl (C=O) groups is 4. The van der Waals surface area contributed by atoms with E-state index in [1.807, 2.05) is 12.1 Å². The predicted octanol–water partition coefficient (Wildman–Crippen LogP) is 3.94. The minimum atomic E-state index is -0.219. The van der Waals surface area contributed by atoms with Gasteiger partial charge in [-0.1, -0.05) is 11.6 Å². The fourth-order valence-electron chi connectivity index (χ4n) is 4.93. The number of nitrogens with zero attached hydrogens (tertiary/aromatic N) is 3. The summed E-state index contributed by atoms with van der Waals surface area (Å²) in [5.41, 5.74) is 3.28. The molecule has 11 heteroatoms. The van der Waals surface area contributed by atoms with Gasteiger partial charge in [0.15, 0.2) is 0 Å². The monoisotopic (exact) mass is 580 g/mol.